The number of fused-ring (bicyclic) bond motifs is 1. The molecular formula is C19H19ClN4OS. The second-order valence-electron chi connectivity index (χ2n) is 6.46. The van der Waals surface area contributed by atoms with Crippen LogP contribution in [0.2, 0.25) is 5.15 Å². The molecule has 3 heterocycles. The first-order valence-electron chi connectivity index (χ1n) is 8.58. The fourth-order valence-corrected chi connectivity index (χ4v) is 4.76. The van der Waals surface area contributed by atoms with Crippen LogP contribution in [0, 0.1) is 6.92 Å². The van der Waals surface area contributed by atoms with Gasteiger partial charge in [-0.25, -0.2) is 4.98 Å². The van der Waals surface area contributed by atoms with Crippen molar-refractivity contribution >= 4 is 45.1 Å². The van der Waals surface area contributed by atoms with E-state index in [1.54, 1.807) is 35.2 Å². The third-order valence-corrected chi connectivity index (χ3v) is 6.31. The molecule has 1 amide bonds. The Kier molecular flexibility index (Phi) is 4.54. The van der Waals surface area contributed by atoms with Crippen LogP contribution in [-0.4, -0.2) is 32.1 Å². The van der Waals surface area contributed by atoms with Gasteiger partial charge in [-0.3, -0.25) is 9.48 Å². The fourth-order valence-electron chi connectivity index (χ4n) is 3.41. The summed E-state index contributed by atoms with van der Waals surface area (Å²) in [6.45, 7) is 2.64. The number of hydrogen-bond acceptors (Lipinski definition) is 4. The highest BCUT2D eigenvalue weighted by atomic mass is 35.5. The van der Waals surface area contributed by atoms with Gasteiger partial charge in [-0.05, 0) is 38.0 Å². The molecule has 1 unspecified atom stereocenters. The van der Waals surface area contributed by atoms with Gasteiger partial charge < -0.3 is 4.90 Å². The largest absolute Gasteiger partial charge is 0.330 e. The Morgan fingerprint density at radius 1 is 1.38 bits per heavy atom. The molecule has 4 rings (SSSR count). The second-order valence-corrected chi connectivity index (χ2v) is 7.88. The lowest BCUT2D eigenvalue weighted by atomic mass is 10.2. The summed E-state index contributed by atoms with van der Waals surface area (Å²) in [5, 5.41) is 5.83. The summed E-state index contributed by atoms with van der Waals surface area (Å²) in [4.78, 5) is 19.4. The number of aromatic nitrogens is 3. The summed E-state index contributed by atoms with van der Waals surface area (Å²) in [5.41, 5.74) is 2.60. The predicted octanol–water partition coefficient (Wildman–Crippen LogP) is 4.37. The number of amides is 1. The lowest BCUT2D eigenvalue weighted by molar-refractivity contribution is -0.126. The van der Waals surface area contributed by atoms with Gasteiger partial charge in [0.1, 0.15) is 10.2 Å². The van der Waals surface area contributed by atoms with E-state index in [-0.39, 0.29) is 11.9 Å². The van der Waals surface area contributed by atoms with Gasteiger partial charge in [0.25, 0.3) is 0 Å². The molecule has 0 spiro atoms. The zero-order valence-electron chi connectivity index (χ0n) is 14.6. The molecule has 1 atom stereocenters. The number of benzene rings is 1. The highest BCUT2D eigenvalue weighted by Crippen LogP contribution is 2.36. The standard InChI is InChI=1S/C19H19ClN4OS/c1-12-13(18(20)23(2)22-12)9-10-17(25)24-11-5-7-15(24)19-21-14-6-3-4-8-16(14)26-19/h3-4,6,8-10,15H,5,7,11H2,1-2H3/b10-9+. The van der Waals surface area contributed by atoms with Crippen LogP contribution >= 0.6 is 22.9 Å². The van der Waals surface area contributed by atoms with E-state index in [9.17, 15) is 4.79 Å². The number of hydrogen-bond donors (Lipinski definition) is 0. The summed E-state index contributed by atoms with van der Waals surface area (Å²) in [6.07, 6.45) is 5.31. The van der Waals surface area contributed by atoms with Crippen LogP contribution < -0.4 is 0 Å². The minimum atomic E-state index is -0.00826. The van der Waals surface area contributed by atoms with Crippen molar-refractivity contribution in [3.8, 4) is 0 Å². The molecule has 0 radical (unpaired) electrons. The average molecular weight is 387 g/mol. The number of likely N-dealkylation sites (tertiary alicyclic amines) is 1. The van der Waals surface area contributed by atoms with Crippen LogP contribution in [0.25, 0.3) is 16.3 Å². The van der Waals surface area contributed by atoms with Gasteiger partial charge in [-0.2, -0.15) is 5.10 Å². The molecule has 3 aromatic rings. The summed E-state index contributed by atoms with van der Waals surface area (Å²) in [6, 6.07) is 8.15. The van der Waals surface area contributed by atoms with Crippen molar-refractivity contribution in [2.75, 3.05) is 6.54 Å². The Hall–Kier alpha value is -2.18. The number of carbonyl (C=O) groups is 1. The molecule has 0 N–H and O–H groups in total. The predicted molar refractivity (Wildman–Crippen MR) is 105 cm³/mol. The molecule has 5 nitrogen and oxygen atoms in total. The van der Waals surface area contributed by atoms with Gasteiger partial charge in [0.2, 0.25) is 5.91 Å². The third kappa shape index (κ3) is 3.04. The van der Waals surface area contributed by atoms with Crippen molar-refractivity contribution < 1.29 is 4.79 Å². The van der Waals surface area contributed by atoms with Gasteiger partial charge in [0.15, 0.2) is 0 Å². The van der Waals surface area contributed by atoms with E-state index in [0.29, 0.717) is 5.15 Å². The van der Waals surface area contributed by atoms with Crippen LogP contribution in [0.4, 0.5) is 0 Å². The molecule has 134 valence electrons. The summed E-state index contributed by atoms with van der Waals surface area (Å²) < 4.78 is 2.77. The van der Waals surface area contributed by atoms with Crippen molar-refractivity contribution in [2.24, 2.45) is 7.05 Å². The van der Waals surface area contributed by atoms with Gasteiger partial charge >= 0.3 is 0 Å². The SMILES string of the molecule is Cc1nn(C)c(Cl)c1/C=C/C(=O)N1CCCC1c1nc2ccccc2s1. The summed E-state index contributed by atoms with van der Waals surface area (Å²) in [7, 11) is 1.79. The van der Waals surface area contributed by atoms with Crippen molar-refractivity contribution in [1.29, 1.82) is 0 Å². The smallest absolute Gasteiger partial charge is 0.247 e. The lowest BCUT2D eigenvalue weighted by Gasteiger charge is -2.21. The van der Waals surface area contributed by atoms with Gasteiger partial charge in [-0.15, -0.1) is 11.3 Å². The van der Waals surface area contributed by atoms with E-state index in [4.69, 9.17) is 16.6 Å². The van der Waals surface area contributed by atoms with Crippen LogP contribution in [0.1, 0.15) is 35.1 Å². The topological polar surface area (TPSA) is 51.0 Å². The molecule has 0 aliphatic carbocycles. The van der Waals surface area contributed by atoms with Gasteiger partial charge in [-0.1, -0.05) is 23.7 Å². The molecule has 1 saturated heterocycles. The number of aryl methyl sites for hydroxylation is 2. The molecule has 26 heavy (non-hydrogen) atoms. The van der Waals surface area contributed by atoms with Crippen LogP contribution in [0.3, 0.4) is 0 Å². The highest BCUT2D eigenvalue weighted by molar-refractivity contribution is 7.18. The molecule has 7 heteroatoms. The molecule has 1 aliphatic heterocycles. The zero-order valence-corrected chi connectivity index (χ0v) is 16.2. The zero-order chi connectivity index (χ0) is 18.3. The summed E-state index contributed by atoms with van der Waals surface area (Å²) in [5.74, 6) is -0.00826. The monoisotopic (exact) mass is 386 g/mol. The molecule has 1 aromatic carbocycles. The average Bonchev–Trinajstić information content (AvgIpc) is 3.32. The first-order chi connectivity index (χ1) is 12.5. The van der Waals surface area contributed by atoms with E-state index in [1.807, 2.05) is 30.0 Å². The van der Waals surface area contributed by atoms with Crippen LogP contribution in [0.5, 0.6) is 0 Å². The normalized spacial score (nSPS) is 17.7. The van der Waals surface area contributed by atoms with Crippen LogP contribution in [-0.2, 0) is 11.8 Å². The second kappa shape index (κ2) is 6.85. The van der Waals surface area contributed by atoms with Crippen molar-refractivity contribution in [3.05, 3.63) is 51.8 Å². The van der Waals surface area contributed by atoms with E-state index in [2.05, 4.69) is 11.2 Å². The molecule has 0 saturated carbocycles. The van der Waals surface area contributed by atoms with E-state index >= 15 is 0 Å². The Bertz CT molecular complexity index is 973. The Balaban J connectivity index is 1.57. The Labute approximate surface area is 160 Å². The number of thiazole rings is 1. The van der Waals surface area contributed by atoms with Gasteiger partial charge in [0.05, 0.1) is 22.0 Å². The molecular weight excluding hydrogens is 368 g/mol. The molecule has 1 fully saturated rings. The Morgan fingerprint density at radius 2 is 2.19 bits per heavy atom. The molecule has 1 aliphatic rings. The number of rotatable bonds is 3. The highest BCUT2D eigenvalue weighted by Gasteiger charge is 2.31. The maximum absolute atomic E-state index is 12.8. The first-order valence-corrected chi connectivity index (χ1v) is 9.77. The molecule has 2 aromatic heterocycles. The fraction of sp³-hybridized carbons (Fsp3) is 0.316. The number of carbonyl (C=O) groups excluding carboxylic acids is 1. The van der Waals surface area contributed by atoms with Crippen molar-refractivity contribution in [1.82, 2.24) is 19.7 Å². The maximum atomic E-state index is 12.8. The van der Waals surface area contributed by atoms with E-state index in [0.717, 1.165) is 45.9 Å². The maximum Gasteiger partial charge on any atom is 0.247 e. The Morgan fingerprint density at radius 3 is 2.92 bits per heavy atom. The summed E-state index contributed by atoms with van der Waals surface area (Å²) >= 11 is 7.92. The minimum Gasteiger partial charge on any atom is -0.330 e. The number of nitrogens with zero attached hydrogens (tertiary/aromatic N) is 4. The molecule has 0 bridgehead atoms. The van der Waals surface area contributed by atoms with Gasteiger partial charge in [0, 0.05) is 25.2 Å². The first kappa shape index (κ1) is 17.2. The quantitative estimate of drug-likeness (QED) is 0.628. The number of halogens is 1. The van der Waals surface area contributed by atoms with Crippen molar-refractivity contribution in [2.45, 2.75) is 25.8 Å². The number of para-hydroxylation sites is 1. The van der Waals surface area contributed by atoms with Crippen LogP contribution in [0.15, 0.2) is 30.3 Å². The lowest BCUT2D eigenvalue weighted by Crippen LogP contribution is -2.28. The van der Waals surface area contributed by atoms with E-state index in [1.165, 1.54) is 0 Å². The third-order valence-electron chi connectivity index (χ3n) is 4.72. The minimum absolute atomic E-state index is 0.00826. The van der Waals surface area contributed by atoms with Crippen molar-refractivity contribution in [3.63, 3.8) is 0 Å². The van der Waals surface area contributed by atoms with E-state index < -0.39 is 0 Å².